The number of hydrogen-bond acceptors (Lipinski definition) is 2. The first kappa shape index (κ1) is 11.2. The molecule has 1 fully saturated rings. The Bertz CT molecular complexity index is 318. The van der Waals surface area contributed by atoms with Gasteiger partial charge in [-0.15, -0.1) is 11.3 Å². The summed E-state index contributed by atoms with van der Waals surface area (Å²) in [5.41, 5.74) is 7.67. The summed E-state index contributed by atoms with van der Waals surface area (Å²) in [5, 5.41) is 2.22. The number of aryl methyl sites for hydroxylation is 1. The minimum Gasteiger partial charge on any atom is -0.328 e. The van der Waals surface area contributed by atoms with Crippen LogP contribution in [0.2, 0.25) is 0 Å². The normalized spacial score (nSPS) is 31.8. The average Bonchev–Trinajstić information content (AvgIpc) is 2.64. The molecule has 3 unspecified atom stereocenters. The van der Waals surface area contributed by atoms with Gasteiger partial charge in [0.2, 0.25) is 0 Å². The van der Waals surface area contributed by atoms with Crippen molar-refractivity contribution in [3.63, 3.8) is 0 Å². The van der Waals surface area contributed by atoms with Gasteiger partial charge in [-0.25, -0.2) is 0 Å². The first-order valence-electron chi connectivity index (χ1n) is 6.02. The largest absolute Gasteiger partial charge is 0.328 e. The van der Waals surface area contributed by atoms with Crippen LogP contribution in [0.15, 0.2) is 11.4 Å². The Morgan fingerprint density at radius 1 is 1.47 bits per heavy atom. The number of hydrogen-bond donors (Lipinski definition) is 1. The van der Waals surface area contributed by atoms with E-state index in [2.05, 4.69) is 25.3 Å². The van der Waals surface area contributed by atoms with Crippen LogP contribution in [0.4, 0.5) is 0 Å². The van der Waals surface area contributed by atoms with Crippen LogP contribution in [0.5, 0.6) is 0 Å². The molecule has 1 aliphatic rings. The number of thiophene rings is 1. The van der Waals surface area contributed by atoms with E-state index in [4.69, 9.17) is 5.73 Å². The van der Waals surface area contributed by atoms with E-state index in [-0.39, 0.29) is 0 Å². The molecule has 0 saturated heterocycles. The Kier molecular flexibility index (Phi) is 3.47. The topological polar surface area (TPSA) is 26.0 Å². The van der Waals surface area contributed by atoms with Crippen molar-refractivity contribution in [2.24, 2.45) is 11.7 Å². The standard InChI is InChI=1S/C13H21NS/c1-3-10-4-5-11(14)8-13(10)12-6-7-15-9(12)2/h6-7,10-11,13H,3-5,8,14H2,1-2H3. The summed E-state index contributed by atoms with van der Waals surface area (Å²) in [6, 6.07) is 2.74. The fraction of sp³-hybridized carbons (Fsp3) is 0.692. The van der Waals surface area contributed by atoms with Crippen molar-refractivity contribution in [3.05, 3.63) is 21.9 Å². The summed E-state index contributed by atoms with van der Waals surface area (Å²) in [4.78, 5) is 1.49. The fourth-order valence-electron chi connectivity index (χ4n) is 2.91. The molecule has 1 nitrogen and oxygen atoms in total. The Morgan fingerprint density at radius 2 is 2.27 bits per heavy atom. The molecule has 1 aromatic heterocycles. The van der Waals surface area contributed by atoms with Crippen LogP contribution in [-0.4, -0.2) is 6.04 Å². The predicted octanol–water partition coefficient (Wildman–Crippen LogP) is 3.68. The zero-order chi connectivity index (χ0) is 10.8. The van der Waals surface area contributed by atoms with Crippen molar-refractivity contribution in [3.8, 4) is 0 Å². The van der Waals surface area contributed by atoms with E-state index in [1.54, 1.807) is 5.56 Å². The van der Waals surface area contributed by atoms with Crippen molar-refractivity contribution in [2.75, 3.05) is 0 Å². The quantitative estimate of drug-likeness (QED) is 0.813. The van der Waals surface area contributed by atoms with Gasteiger partial charge in [0.05, 0.1) is 0 Å². The highest BCUT2D eigenvalue weighted by molar-refractivity contribution is 7.10. The molecule has 0 radical (unpaired) electrons. The molecule has 0 amide bonds. The Balaban J connectivity index is 2.20. The van der Waals surface area contributed by atoms with Gasteiger partial charge < -0.3 is 5.73 Å². The Hall–Kier alpha value is -0.340. The molecule has 0 aliphatic heterocycles. The first-order chi connectivity index (χ1) is 7.22. The van der Waals surface area contributed by atoms with E-state index in [0.717, 1.165) is 11.8 Å². The molecule has 3 atom stereocenters. The fourth-order valence-corrected chi connectivity index (χ4v) is 3.69. The Morgan fingerprint density at radius 3 is 2.87 bits per heavy atom. The van der Waals surface area contributed by atoms with Gasteiger partial charge in [0.1, 0.15) is 0 Å². The number of nitrogens with two attached hydrogens (primary N) is 1. The van der Waals surface area contributed by atoms with Crippen molar-refractivity contribution < 1.29 is 0 Å². The third-order valence-electron chi connectivity index (χ3n) is 3.86. The van der Waals surface area contributed by atoms with E-state index in [0.29, 0.717) is 6.04 Å². The lowest BCUT2D eigenvalue weighted by Crippen LogP contribution is -2.32. The molecular weight excluding hydrogens is 202 g/mol. The van der Waals surface area contributed by atoms with E-state index in [9.17, 15) is 0 Å². The highest BCUT2D eigenvalue weighted by Gasteiger charge is 2.29. The molecule has 0 aromatic carbocycles. The van der Waals surface area contributed by atoms with Crippen LogP contribution in [-0.2, 0) is 0 Å². The molecule has 84 valence electrons. The predicted molar refractivity (Wildman–Crippen MR) is 67.4 cm³/mol. The van der Waals surface area contributed by atoms with E-state index in [1.165, 1.54) is 30.6 Å². The van der Waals surface area contributed by atoms with Gasteiger partial charge in [-0.05, 0) is 55.0 Å². The zero-order valence-corrected chi connectivity index (χ0v) is 10.5. The first-order valence-corrected chi connectivity index (χ1v) is 6.90. The third kappa shape index (κ3) is 2.26. The molecule has 1 aliphatic carbocycles. The average molecular weight is 223 g/mol. The molecule has 0 bridgehead atoms. The van der Waals surface area contributed by atoms with E-state index < -0.39 is 0 Å². The summed E-state index contributed by atoms with van der Waals surface area (Å²) in [6.07, 6.45) is 5.03. The highest BCUT2D eigenvalue weighted by atomic mass is 32.1. The summed E-state index contributed by atoms with van der Waals surface area (Å²) >= 11 is 1.87. The molecule has 1 aromatic rings. The molecule has 2 rings (SSSR count). The molecule has 15 heavy (non-hydrogen) atoms. The van der Waals surface area contributed by atoms with Gasteiger partial charge in [0.15, 0.2) is 0 Å². The van der Waals surface area contributed by atoms with Gasteiger partial charge in [0, 0.05) is 10.9 Å². The minimum absolute atomic E-state index is 0.428. The maximum absolute atomic E-state index is 6.10. The second kappa shape index (κ2) is 4.67. The maximum atomic E-state index is 6.10. The van der Waals surface area contributed by atoms with Crippen molar-refractivity contribution in [2.45, 2.75) is 51.5 Å². The summed E-state index contributed by atoms with van der Waals surface area (Å²) in [5.74, 6) is 1.59. The van der Waals surface area contributed by atoms with Crippen LogP contribution < -0.4 is 5.73 Å². The summed E-state index contributed by atoms with van der Waals surface area (Å²) < 4.78 is 0. The van der Waals surface area contributed by atoms with Gasteiger partial charge in [-0.1, -0.05) is 13.3 Å². The molecule has 1 saturated carbocycles. The molecular formula is C13H21NS. The number of rotatable bonds is 2. The van der Waals surface area contributed by atoms with Gasteiger partial charge in [-0.3, -0.25) is 0 Å². The monoisotopic (exact) mass is 223 g/mol. The van der Waals surface area contributed by atoms with Crippen LogP contribution in [0.1, 0.15) is 49.0 Å². The summed E-state index contributed by atoms with van der Waals surface area (Å²) in [7, 11) is 0. The molecule has 2 heteroatoms. The van der Waals surface area contributed by atoms with E-state index in [1.807, 2.05) is 11.3 Å². The van der Waals surface area contributed by atoms with Crippen LogP contribution >= 0.6 is 11.3 Å². The SMILES string of the molecule is CCC1CCC(N)CC1c1ccsc1C. The third-order valence-corrected chi connectivity index (χ3v) is 4.72. The lowest BCUT2D eigenvalue weighted by molar-refractivity contribution is 0.273. The Labute approximate surface area is 96.7 Å². The van der Waals surface area contributed by atoms with Crippen LogP contribution in [0.3, 0.4) is 0 Å². The van der Waals surface area contributed by atoms with Crippen molar-refractivity contribution in [1.82, 2.24) is 0 Å². The van der Waals surface area contributed by atoms with Crippen LogP contribution in [0.25, 0.3) is 0 Å². The van der Waals surface area contributed by atoms with E-state index >= 15 is 0 Å². The molecule has 1 heterocycles. The van der Waals surface area contributed by atoms with Gasteiger partial charge in [-0.2, -0.15) is 0 Å². The van der Waals surface area contributed by atoms with Crippen LogP contribution in [0, 0.1) is 12.8 Å². The van der Waals surface area contributed by atoms with Crippen molar-refractivity contribution >= 4 is 11.3 Å². The zero-order valence-electron chi connectivity index (χ0n) is 9.70. The molecule has 2 N–H and O–H groups in total. The maximum Gasteiger partial charge on any atom is 0.00491 e. The lowest BCUT2D eigenvalue weighted by atomic mass is 9.73. The molecule has 0 spiro atoms. The van der Waals surface area contributed by atoms with Crippen molar-refractivity contribution in [1.29, 1.82) is 0 Å². The lowest BCUT2D eigenvalue weighted by Gasteiger charge is -2.34. The minimum atomic E-state index is 0.428. The second-order valence-electron chi connectivity index (χ2n) is 4.78. The highest BCUT2D eigenvalue weighted by Crippen LogP contribution is 2.41. The van der Waals surface area contributed by atoms with Gasteiger partial charge >= 0.3 is 0 Å². The van der Waals surface area contributed by atoms with Gasteiger partial charge in [0.25, 0.3) is 0 Å². The summed E-state index contributed by atoms with van der Waals surface area (Å²) in [6.45, 7) is 4.56. The smallest absolute Gasteiger partial charge is 0.00491 e. The second-order valence-corrected chi connectivity index (χ2v) is 5.90.